The van der Waals surface area contributed by atoms with Gasteiger partial charge in [0, 0.05) is 108 Å². The molecule has 0 spiro atoms. The van der Waals surface area contributed by atoms with Gasteiger partial charge in [0.15, 0.2) is 0 Å². The summed E-state index contributed by atoms with van der Waals surface area (Å²) in [6, 6.07) is 46.0. The highest BCUT2D eigenvalue weighted by molar-refractivity contribution is 7.17. The van der Waals surface area contributed by atoms with Gasteiger partial charge in [0.2, 0.25) is 0 Å². The highest BCUT2D eigenvalue weighted by Crippen LogP contribution is 2.45. The molecule has 0 bridgehead atoms. The first-order chi connectivity index (χ1) is 60.4. The number of benzene rings is 6. The summed E-state index contributed by atoms with van der Waals surface area (Å²) in [4.78, 5) is 9.54. The van der Waals surface area contributed by atoms with Gasteiger partial charge in [-0.2, -0.15) is 17.5 Å². The van der Waals surface area contributed by atoms with Gasteiger partial charge in [-0.15, -0.1) is 57.2 Å². The Bertz CT molecular complexity index is 6160. The van der Waals surface area contributed by atoms with Crippen LogP contribution >= 0.6 is 68.8 Å². The van der Waals surface area contributed by atoms with Crippen molar-refractivity contribution in [1.29, 1.82) is 0 Å². The molecule has 6 nitrogen and oxygen atoms in total. The standard InChI is InChI=1S/2C56H67N3S3/c1-10-12-13-14-15-16-17-18-19-20-21-22-23-24-34-59-53-40(25-11-2)35-42(55(4,5)6)37-47(53)48-38-43(56(7,8)9)36-41(54(48)59)27-28-44-29-33-50(61-44)46-31-30-45(49-32-26-39(3)60-49)51-52(46)58-62-57-51;1-6-10-13-16-19-22-26-42-37-44(25-9-4)55-49(39-42)50-40-43(27-23-20-17-14-11-7-2)38-45(56(50)59(55)36-24-21-18-15-12-8-3)29-30-46-31-35-52(61-46)48-33-32-47(51-34-28-41(5)60-51)53-54(48)58-62-57-53/h26,29-33,35-38H,10,12-24,34H2,1-9H3;28,31-35,37-40H,6-8,10-24,26-27,36H2,1-5H3. The molecular formula is C112H134N6S6. The van der Waals surface area contributed by atoms with Crippen LogP contribution in [0.5, 0.6) is 0 Å². The van der Waals surface area contributed by atoms with E-state index in [1.54, 1.807) is 34.0 Å². The third kappa shape index (κ3) is 23.9. The number of rotatable bonds is 40. The van der Waals surface area contributed by atoms with Crippen LogP contribution in [0.4, 0.5) is 0 Å². The molecular weight excluding hydrogens is 1620 g/mol. The average molecular weight is 1760 g/mol. The van der Waals surface area contributed by atoms with E-state index in [0.717, 1.165) is 110 Å². The maximum absolute atomic E-state index is 4.81. The number of hydrogen-bond acceptors (Lipinski definition) is 10. The minimum Gasteiger partial charge on any atom is -0.338 e. The highest BCUT2D eigenvalue weighted by Gasteiger charge is 2.27. The molecule has 8 aromatic heterocycles. The first-order valence-corrected chi connectivity index (χ1v) is 52.1. The fourth-order valence-corrected chi connectivity index (χ4v) is 22.6. The van der Waals surface area contributed by atoms with Gasteiger partial charge in [-0.3, -0.25) is 0 Å². The van der Waals surface area contributed by atoms with Crippen molar-refractivity contribution in [2.45, 2.75) is 339 Å². The number of unbranched alkanes of at least 4 members (excludes halogenated alkanes) is 28. The molecule has 8 heterocycles. The van der Waals surface area contributed by atoms with E-state index in [1.807, 2.05) is 25.2 Å². The van der Waals surface area contributed by atoms with E-state index < -0.39 is 0 Å². The lowest BCUT2D eigenvalue weighted by molar-refractivity contribution is 0.528. The molecule has 0 N–H and O–H groups in total. The molecule has 0 aliphatic rings. The van der Waals surface area contributed by atoms with Gasteiger partial charge in [0.05, 0.1) is 55.3 Å². The third-order valence-electron chi connectivity index (χ3n) is 24.8. The Morgan fingerprint density at radius 2 is 0.573 bits per heavy atom. The van der Waals surface area contributed by atoms with Crippen molar-refractivity contribution in [3.05, 3.63) is 185 Å². The number of aryl methyl sites for hydroxylation is 6. The van der Waals surface area contributed by atoms with E-state index in [9.17, 15) is 0 Å². The van der Waals surface area contributed by atoms with Crippen LogP contribution in [0.15, 0.2) is 121 Å². The summed E-state index contributed by atoms with van der Waals surface area (Å²) in [5.41, 5.74) is 23.5. The summed E-state index contributed by atoms with van der Waals surface area (Å²) in [6.45, 7) is 33.3. The lowest BCUT2D eigenvalue weighted by Gasteiger charge is -2.20. The van der Waals surface area contributed by atoms with Gasteiger partial charge >= 0.3 is 0 Å². The molecule has 0 atom stereocenters. The van der Waals surface area contributed by atoms with E-state index in [2.05, 4.69) is 261 Å². The quantitative estimate of drug-likeness (QED) is 0.0284. The molecule has 0 aliphatic carbocycles. The fraction of sp³-hybridized carbons (Fsp3) is 0.464. The fourth-order valence-electron chi connectivity index (χ4n) is 17.9. The van der Waals surface area contributed by atoms with E-state index in [0.29, 0.717) is 0 Å². The predicted molar refractivity (Wildman–Crippen MR) is 549 cm³/mol. The minimum absolute atomic E-state index is 0.00787. The number of fused-ring (bicyclic) bond motifs is 8. The minimum atomic E-state index is -0.0433. The summed E-state index contributed by atoms with van der Waals surface area (Å²) in [5, 5.41) is 5.30. The van der Waals surface area contributed by atoms with E-state index in [-0.39, 0.29) is 10.8 Å². The molecule has 12 heteroatoms. The topological polar surface area (TPSA) is 61.4 Å². The average Bonchev–Trinajstić information content (AvgIpc) is 1.58. The second kappa shape index (κ2) is 45.8. The van der Waals surface area contributed by atoms with Crippen molar-refractivity contribution in [1.82, 2.24) is 26.6 Å². The maximum atomic E-state index is 4.81. The zero-order valence-electron chi connectivity index (χ0n) is 77.1. The van der Waals surface area contributed by atoms with Crippen LogP contribution in [-0.4, -0.2) is 26.6 Å². The number of aromatic nitrogens is 6. The SMILES string of the molecule is CC#Cc1cc(C(C)(C)C)cc2c3cc(C(C)(C)C)cc(C#Cc4ccc(-c5ccc(-c6ccc(C)s6)c6nsnc56)s4)c3n(CCCCCCCCCCCCCCCC)c12.CC#Cc1cc(CCCCCCCC)cc2c3cc(CCCCCCCC)cc(C#Cc4ccc(-c5ccc(-c6ccc(C)s6)c6nsnc56)s4)c3n(CCCCCCCC)c12. The van der Waals surface area contributed by atoms with E-state index in [1.165, 1.54) is 317 Å². The zero-order valence-corrected chi connectivity index (χ0v) is 82.0. The maximum Gasteiger partial charge on any atom is 0.114 e. The normalized spacial score (nSPS) is 11.7. The largest absolute Gasteiger partial charge is 0.338 e. The molecule has 0 aliphatic heterocycles. The van der Waals surface area contributed by atoms with Crippen molar-refractivity contribution in [3.8, 4) is 89.1 Å². The smallest absolute Gasteiger partial charge is 0.114 e. The van der Waals surface area contributed by atoms with E-state index in [4.69, 9.17) is 17.5 Å². The molecule has 0 saturated heterocycles. The van der Waals surface area contributed by atoms with Crippen LogP contribution in [0.1, 0.15) is 353 Å². The second-order valence-electron chi connectivity index (χ2n) is 36.8. The first kappa shape index (κ1) is 93.2. The van der Waals surface area contributed by atoms with Crippen LogP contribution in [-0.2, 0) is 36.8 Å². The molecule has 0 saturated carbocycles. The summed E-state index contributed by atoms with van der Waals surface area (Å²) in [7, 11) is 0. The zero-order chi connectivity index (χ0) is 87.0. The summed E-state index contributed by atoms with van der Waals surface area (Å²) in [5.74, 6) is 28.7. The summed E-state index contributed by atoms with van der Waals surface area (Å²) >= 11 is 9.71. The van der Waals surface area contributed by atoms with Crippen molar-refractivity contribution < 1.29 is 0 Å². The van der Waals surface area contributed by atoms with E-state index >= 15 is 0 Å². The van der Waals surface area contributed by atoms with Crippen molar-refractivity contribution in [2.24, 2.45) is 0 Å². The van der Waals surface area contributed by atoms with Crippen LogP contribution in [0.3, 0.4) is 0 Å². The number of thiophene rings is 4. The Morgan fingerprint density at radius 1 is 0.290 bits per heavy atom. The lowest BCUT2D eigenvalue weighted by Crippen LogP contribution is -2.11. The van der Waals surface area contributed by atoms with Crippen molar-refractivity contribution in [2.75, 3.05) is 0 Å². The van der Waals surface area contributed by atoms with Crippen LogP contribution < -0.4 is 0 Å². The molecule has 648 valence electrons. The van der Waals surface area contributed by atoms with Gasteiger partial charge in [-0.25, -0.2) is 0 Å². The lowest BCUT2D eigenvalue weighted by atomic mass is 9.83. The molecule has 0 radical (unpaired) electrons. The summed E-state index contributed by atoms with van der Waals surface area (Å²) < 4.78 is 24.3. The Kier molecular flexibility index (Phi) is 34.5. The molecule has 14 rings (SSSR count). The monoisotopic (exact) mass is 1750 g/mol. The van der Waals surface area contributed by atoms with Gasteiger partial charge < -0.3 is 9.13 Å². The Morgan fingerprint density at radius 3 is 0.887 bits per heavy atom. The molecule has 0 amide bonds. The van der Waals surface area contributed by atoms with Gasteiger partial charge in [0.1, 0.15) is 22.1 Å². The first-order valence-electron chi connectivity index (χ1n) is 47.4. The predicted octanol–water partition coefficient (Wildman–Crippen LogP) is 34.9. The van der Waals surface area contributed by atoms with Crippen molar-refractivity contribution >= 4 is 134 Å². The Balaban J connectivity index is 0.000000213. The van der Waals surface area contributed by atoms with Crippen LogP contribution in [0.2, 0.25) is 0 Å². The number of hydrogen-bond donors (Lipinski definition) is 0. The van der Waals surface area contributed by atoms with Crippen LogP contribution in [0.25, 0.3) is 107 Å². The highest BCUT2D eigenvalue weighted by atomic mass is 32.1. The van der Waals surface area contributed by atoms with Crippen LogP contribution in [0, 0.1) is 61.2 Å². The molecule has 14 aromatic rings. The molecule has 124 heavy (non-hydrogen) atoms. The Hall–Kier alpha value is -8.40. The van der Waals surface area contributed by atoms with Gasteiger partial charge in [-0.05, 0) is 196 Å². The third-order valence-corrected chi connectivity index (χ3v) is 30.0. The number of nitrogens with zero attached hydrogens (tertiary/aromatic N) is 6. The van der Waals surface area contributed by atoms with Crippen molar-refractivity contribution in [3.63, 3.8) is 0 Å². The Labute approximate surface area is 768 Å². The molecule has 0 unspecified atom stereocenters. The summed E-state index contributed by atoms with van der Waals surface area (Å²) in [6.07, 6.45) is 44.4. The second-order valence-corrected chi connectivity index (χ2v) is 42.6. The van der Waals surface area contributed by atoms with Gasteiger partial charge in [0.25, 0.3) is 0 Å². The van der Waals surface area contributed by atoms with Gasteiger partial charge in [-0.1, -0.05) is 309 Å². The molecule has 6 aromatic carbocycles. The molecule has 0 fully saturated rings.